The molecule has 3 aromatic rings. The third-order valence-corrected chi connectivity index (χ3v) is 6.13. The van der Waals surface area contributed by atoms with E-state index in [1.54, 1.807) is 48.5 Å². The van der Waals surface area contributed by atoms with Gasteiger partial charge in [-0.1, -0.05) is 48.0 Å². The zero-order valence-electron chi connectivity index (χ0n) is 12.8. The lowest BCUT2D eigenvalue weighted by molar-refractivity contribution is -0.132. The van der Waals surface area contributed by atoms with Crippen LogP contribution in [0.4, 0.5) is 5.69 Å². The Kier molecular flexibility index (Phi) is 3.67. The van der Waals surface area contributed by atoms with Crippen molar-refractivity contribution in [1.82, 2.24) is 0 Å². The Labute approximate surface area is 149 Å². The number of benzene rings is 3. The summed E-state index contributed by atoms with van der Waals surface area (Å²) in [5, 5.41) is 1.71. The Balaban J connectivity index is 1.69. The topological polar surface area (TPSA) is 63.7 Å². The van der Waals surface area contributed by atoms with E-state index < -0.39 is 22.5 Å². The number of hydrogen-bond acceptors (Lipinski definition) is 4. The molecular weight excluding hydrogens is 362 g/mol. The van der Waals surface area contributed by atoms with Crippen LogP contribution >= 0.6 is 11.6 Å². The first kappa shape index (κ1) is 15.9. The van der Waals surface area contributed by atoms with Crippen LogP contribution in [0.2, 0.25) is 5.02 Å². The molecular formula is C18H12ClNO4S. The van der Waals surface area contributed by atoms with Gasteiger partial charge in [-0.15, -0.1) is 0 Å². The number of halogens is 1. The van der Waals surface area contributed by atoms with Crippen molar-refractivity contribution >= 4 is 44.1 Å². The second-order valence-electron chi connectivity index (χ2n) is 5.55. The molecule has 1 aliphatic rings. The quantitative estimate of drug-likeness (QED) is 0.519. The highest BCUT2D eigenvalue weighted by Crippen LogP contribution is 2.41. The molecule has 1 heterocycles. The number of carbonyl (C=O) groups is 1. The van der Waals surface area contributed by atoms with Gasteiger partial charge in [0.2, 0.25) is 0 Å². The van der Waals surface area contributed by atoms with Crippen molar-refractivity contribution < 1.29 is 17.9 Å². The van der Waals surface area contributed by atoms with E-state index in [2.05, 4.69) is 0 Å². The Hall–Kier alpha value is -2.57. The van der Waals surface area contributed by atoms with E-state index in [0.29, 0.717) is 11.1 Å². The highest BCUT2D eigenvalue weighted by molar-refractivity contribution is 7.93. The summed E-state index contributed by atoms with van der Waals surface area (Å²) in [6.07, 6.45) is 0. The number of ether oxygens (including phenoxy) is 1. The molecule has 1 aliphatic heterocycles. The highest BCUT2D eigenvalue weighted by Gasteiger charge is 2.37. The third kappa shape index (κ3) is 2.54. The average Bonchev–Trinajstić information content (AvgIpc) is 2.81. The van der Waals surface area contributed by atoms with Gasteiger partial charge in [0.15, 0.2) is 0 Å². The van der Waals surface area contributed by atoms with Gasteiger partial charge in [0, 0.05) is 5.39 Å². The van der Waals surface area contributed by atoms with Gasteiger partial charge in [0.1, 0.15) is 12.3 Å². The maximum absolute atomic E-state index is 12.8. The lowest BCUT2D eigenvalue weighted by Gasteiger charge is -2.17. The Morgan fingerprint density at radius 2 is 1.72 bits per heavy atom. The Bertz CT molecular complexity index is 1110. The van der Waals surface area contributed by atoms with Gasteiger partial charge in [0.25, 0.3) is 10.0 Å². The van der Waals surface area contributed by atoms with Gasteiger partial charge in [-0.3, -0.25) is 4.31 Å². The summed E-state index contributed by atoms with van der Waals surface area (Å²) >= 11 is 5.97. The standard InChI is InChI=1S/C18H12ClNO4S/c19-13-7-1-2-9-15(13)24-17(21)11-20-14-8-3-5-12-6-4-10-16(18(12)14)25(20,22)23/h1-10H,11H2. The molecule has 0 saturated heterocycles. The summed E-state index contributed by atoms with van der Waals surface area (Å²) < 4.78 is 31.9. The normalized spacial score (nSPS) is 14.7. The number of nitrogens with zero attached hydrogens (tertiary/aromatic N) is 1. The lowest BCUT2D eigenvalue weighted by atomic mass is 10.1. The van der Waals surface area contributed by atoms with Crippen LogP contribution in [0.25, 0.3) is 10.8 Å². The molecule has 0 saturated carbocycles. The molecule has 4 rings (SSSR count). The SMILES string of the molecule is O=C(CN1c2cccc3cccc(c23)S1(=O)=O)Oc1ccccc1Cl. The molecule has 0 N–H and O–H groups in total. The second-order valence-corrected chi connectivity index (χ2v) is 7.79. The molecule has 0 aromatic heterocycles. The van der Waals surface area contributed by atoms with Crippen LogP contribution in [0, 0.1) is 0 Å². The number of rotatable bonds is 3. The van der Waals surface area contributed by atoms with Crippen LogP contribution < -0.4 is 9.04 Å². The first-order valence-electron chi connectivity index (χ1n) is 7.48. The predicted octanol–water partition coefficient (Wildman–Crippen LogP) is 3.61. The largest absolute Gasteiger partial charge is 0.424 e. The summed E-state index contributed by atoms with van der Waals surface area (Å²) in [6, 6.07) is 16.9. The second kappa shape index (κ2) is 5.75. The molecule has 126 valence electrons. The molecule has 25 heavy (non-hydrogen) atoms. The number of esters is 1. The van der Waals surface area contributed by atoms with Gasteiger partial charge in [-0.2, -0.15) is 0 Å². The van der Waals surface area contributed by atoms with Crippen molar-refractivity contribution in [1.29, 1.82) is 0 Å². The first-order chi connectivity index (χ1) is 12.0. The zero-order chi connectivity index (χ0) is 17.6. The third-order valence-electron chi connectivity index (χ3n) is 4.01. The van der Waals surface area contributed by atoms with E-state index >= 15 is 0 Å². The van der Waals surface area contributed by atoms with Gasteiger partial charge in [-0.25, -0.2) is 13.2 Å². The monoisotopic (exact) mass is 373 g/mol. The number of carbonyl (C=O) groups excluding carboxylic acids is 1. The summed E-state index contributed by atoms with van der Waals surface area (Å²) in [5.74, 6) is -0.511. The molecule has 0 aliphatic carbocycles. The Morgan fingerprint density at radius 1 is 1.00 bits per heavy atom. The molecule has 0 amide bonds. The fraction of sp³-hybridized carbons (Fsp3) is 0.0556. The fourth-order valence-electron chi connectivity index (χ4n) is 2.93. The molecule has 0 spiro atoms. The van der Waals surface area contributed by atoms with E-state index in [1.165, 1.54) is 0 Å². The zero-order valence-corrected chi connectivity index (χ0v) is 14.4. The van der Waals surface area contributed by atoms with Crippen molar-refractivity contribution in [3.63, 3.8) is 0 Å². The van der Waals surface area contributed by atoms with Crippen molar-refractivity contribution in [3.8, 4) is 5.75 Å². The van der Waals surface area contributed by atoms with Gasteiger partial charge in [-0.05, 0) is 29.7 Å². The van der Waals surface area contributed by atoms with Gasteiger partial charge in [0.05, 0.1) is 15.6 Å². The summed E-state index contributed by atoms with van der Waals surface area (Å²) in [7, 11) is -3.80. The molecule has 5 nitrogen and oxygen atoms in total. The van der Waals surface area contributed by atoms with Crippen LogP contribution in [-0.4, -0.2) is 20.9 Å². The number of hydrogen-bond donors (Lipinski definition) is 0. The van der Waals surface area contributed by atoms with E-state index in [9.17, 15) is 13.2 Å². The molecule has 0 atom stereocenters. The van der Waals surface area contributed by atoms with E-state index in [0.717, 1.165) is 9.69 Å². The van der Waals surface area contributed by atoms with Crippen molar-refractivity contribution in [2.45, 2.75) is 4.90 Å². The van der Waals surface area contributed by atoms with Crippen molar-refractivity contribution in [2.24, 2.45) is 0 Å². The number of sulfonamides is 1. The fourth-order valence-corrected chi connectivity index (χ4v) is 4.76. The summed E-state index contributed by atoms with van der Waals surface area (Å²) in [6.45, 7) is -0.429. The first-order valence-corrected chi connectivity index (χ1v) is 9.30. The van der Waals surface area contributed by atoms with Gasteiger partial charge >= 0.3 is 5.97 Å². The van der Waals surface area contributed by atoms with E-state index in [-0.39, 0.29) is 15.7 Å². The van der Waals surface area contributed by atoms with Crippen LogP contribution in [0.5, 0.6) is 5.75 Å². The Morgan fingerprint density at radius 3 is 2.48 bits per heavy atom. The van der Waals surface area contributed by atoms with Crippen LogP contribution in [0.3, 0.4) is 0 Å². The van der Waals surface area contributed by atoms with Gasteiger partial charge < -0.3 is 4.74 Å². The number of para-hydroxylation sites is 1. The van der Waals surface area contributed by atoms with E-state index in [4.69, 9.17) is 16.3 Å². The lowest BCUT2D eigenvalue weighted by Crippen LogP contribution is -2.34. The van der Waals surface area contributed by atoms with Crippen molar-refractivity contribution in [2.75, 3.05) is 10.8 Å². The minimum Gasteiger partial charge on any atom is -0.424 e. The smallest absolute Gasteiger partial charge is 0.332 e. The maximum Gasteiger partial charge on any atom is 0.332 e. The minimum absolute atomic E-state index is 0.196. The highest BCUT2D eigenvalue weighted by atomic mass is 35.5. The maximum atomic E-state index is 12.8. The molecule has 3 aromatic carbocycles. The van der Waals surface area contributed by atoms with Crippen LogP contribution in [0.15, 0.2) is 65.6 Å². The number of anilines is 1. The summed E-state index contributed by atoms with van der Waals surface area (Å²) in [5.41, 5.74) is 0.476. The molecule has 0 fully saturated rings. The molecule has 0 radical (unpaired) electrons. The average molecular weight is 374 g/mol. The predicted molar refractivity (Wildman–Crippen MR) is 95.6 cm³/mol. The summed E-state index contributed by atoms with van der Waals surface area (Å²) in [4.78, 5) is 12.5. The minimum atomic E-state index is -3.80. The molecule has 7 heteroatoms. The van der Waals surface area contributed by atoms with Crippen LogP contribution in [-0.2, 0) is 14.8 Å². The van der Waals surface area contributed by atoms with Crippen LogP contribution in [0.1, 0.15) is 0 Å². The molecule has 0 bridgehead atoms. The van der Waals surface area contributed by atoms with Crippen molar-refractivity contribution in [3.05, 3.63) is 65.7 Å². The molecule has 0 unspecified atom stereocenters. The van der Waals surface area contributed by atoms with E-state index in [1.807, 2.05) is 12.1 Å².